The number of imidazole rings is 1. The van der Waals surface area contributed by atoms with Gasteiger partial charge in [-0.1, -0.05) is 48.0 Å². The number of carbonyl (C=O) groups is 1. The molecular formula is C18H12ClN3O3. The maximum Gasteiger partial charge on any atom is 0.512 e. The second-order valence-electron chi connectivity index (χ2n) is 5.40. The van der Waals surface area contributed by atoms with Crippen LogP contribution in [0.1, 0.15) is 16.8 Å². The van der Waals surface area contributed by atoms with E-state index in [4.69, 9.17) is 21.4 Å². The largest absolute Gasteiger partial charge is 0.512 e. The van der Waals surface area contributed by atoms with Gasteiger partial charge in [-0.3, -0.25) is 9.56 Å². The Morgan fingerprint density at radius 3 is 2.60 bits per heavy atom. The van der Waals surface area contributed by atoms with Crippen LogP contribution in [0.5, 0.6) is 5.88 Å². The molecule has 0 atom stereocenters. The van der Waals surface area contributed by atoms with Gasteiger partial charge in [0.2, 0.25) is 5.88 Å². The van der Waals surface area contributed by atoms with Crippen molar-refractivity contribution in [1.29, 1.82) is 0 Å². The van der Waals surface area contributed by atoms with Crippen molar-refractivity contribution in [3.63, 3.8) is 0 Å². The monoisotopic (exact) mass is 353 g/mol. The van der Waals surface area contributed by atoms with Crippen LogP contribution in [-0.2, 0) is 6.54 Å². The van der Waals surface area contributed by atoms with E-state index in [1.54, 1.807) is 4.57 Å². The molecule has 25 heavy (non-hydrogen) atoms. The number of hydrogen-bond acceptors (Lipinski definition) is 4. The molecule has 0 spiro atoms. The summed E-state index contributed by atoms with van der Waals surface area (Å²) in [5.74, 6) is 0.0338. The molecule has 1 aliphatic heterocycles. The summed E-state index contributed by atoms with van der Waals surface area (Å²) in [5, 5.41) is 9.49. The van der Waals surface area contributed by atoms with Crippen molar-refractivity contribution < 1.29 is 14.6 Å². The van der Waals surface area contributed by atoms with Gasteiger partial charge >= 0.3 is 6.16 Å². The van der Waals surface area contributed by atoms with Crippen LogP contribution < -0.4 is 4.74 Å². The van der Waals surface area contributed by atoms with Crippen LogP contribution in [0.3, 0.4) is 0 Å². The third-order valence-corrected chi connectivity index (χ3v) is 4.28. The number of fused-ring (bicyclic) bond motifs is 3. The fourth-order valence-corrected chi connectivity index (χ4v) is 3.11. The highest BCUT2D eigenvalue weighted by atomic mass is 35.5. The number of carboxylic acid groups (broad SMARTS) is 1. The third kappa shape index (κ3) is 2.66. The lowest BCUT2D eigenvalue weighted by atomic mass is 10.0. The molecule has 0 saturated carbocycles. The van der Waals surface area contributed by atoms with Gasteiger partial charge in [0.15, 0.2) is 0 Å². The Balaban J connectivity index is 1.93. The summed E-state index contributed by atoms with van der Waals surface area (Å²) in [6.07, 6.45) is 0.131. The van der Waals surface area contributed by atoms with Crippen molar-refractivity contribution in [2.45, 2.75) is 6.54 Å². The standard InChI is InChI=1S/C18H12ClN3O3/c19-13-7-3-1-5-11(13)16-12-6-2-4-8-14(12)22-10-21-17(25-18(23)24)15(22)9-20-16/h1-8,10H,9H2,(H,23,24). The van der Waals surface area contributed by atoms with Crippen LogP contribution in [0.4, 0.5) is 4.79 Å². The van der Waals surface area contributed by atoms with Crippen LogP contribution in [0.2, 0.25) is 5.02 Å². The molecule has 0 fully saturated rings. The summed E-state index contributed by atoms with van der Waals surface area (Å²) >= 11 is 6.36. The molecule has 1 N–H and O–H groups in total. The summed E-state index contributed by atoms with van der Waals surface area (Å²) in [4.78, 5) is 19.6. The van der Waals surface area contributed by atoms with E-state index in [1.165, 1.54) is 6.33 Å². The maximum absolute atomic E-state index is 10.9. The van der Waals surface area contributed by atoms with Gasteiger partial charge in [0, 0.05) is 16.1 Å². The minimum atomic E-state index is -1.41. The fourth-order valence-electron chi connectivity index (χ4n) is 2.88. The van der Waals surface area contributed by atoms with Crippen molar-refractivity contribution in [3.05, 3.63) is 76.7 Å². The number of para-hydroxylation sites is 1. The average Bonchev–Trinajstić information content (AvgIpc) is 2.91. The Bertz CT molecular complexity index is 1010. The zero-order valence-corrected chi connectivity index (χ0v) is 13.6. The van der Waals surface area contributed by atoms with Gasteiger partial charge in [-0.25, -0.2) is 9.78 Å². The number of hydrogen-bond donors (Lipinski definition) is 1. The molecule has 3 aromatic rings. The molecule has 0 radical (unpaired) electrons. The lowest BCUT2D eigenvalue weighted by Crippen LogP contribution is -2.07. The zero-order valence-electron chi connectivity index (χ0n) is 12.9. The van der Waals surface area contributed by atoms with Gasteiger partial charge in [0.1, 0.15) is 12.0 Å². The molecule has 0 bridgehead atoms. The Morgan fingerprint density at radius 1 is 1.12 bits per heavy atom. The van der Waals surface area contributed by atoms with E-state index in [-0.39, 0.29) is 12.4 Å². The highest BCUT2D eigenvalue weighted by Gasteiger charge is 2.23. The lowest BCUT2D eigenvalue weighted by molar-refractivity contribution is 0.142. The molecule has 0 unspecified atom stereocenters. The molecule has 1 aromatic heterocycles. The summed E-state index contributed by atoms with van der Waals surface area (Å²) in [6.45, 7) is 0.220. The van der Waals surface area contributed by atoms with E-state index in [0.29, 0.717) is 10.7 Å². The molecule has 0 amide bonds. The summed E-state index contributed by atoms with van der Waals surface area (Å²) in [6, 6.07) is 15.2. The molecule has 0 saturated heterocycles. The fraction of sp³-hybridized carbons (Fsp3) is 0.0556. The predicted octanol–water partition coefficient (Wildman–Crippen LogP) is 3.93. The smallest absolute Gasteiger partial charge is 0.449 e. The second-order valence-corrected chi connectivity index (χ2v) is 5.80. The van der Waals surface area contributed by atoms with Gasteiger partial charge in [0.25, 0.3) is 0 Å². The number of halogens is 1. The van der Waals surface area contributed by atoms with Gasteiger partial charge in [-0.05, 0) is 12.1 Å². The lowest BCUT2D eigenvalue weighted by Gasteiger charge is -2.12. The van der Waals surface area contributed by atoms with E-state index in [1.807, 2.05) is 48.5 Å². The molecule has 0 aliphatic carbocycles. The SMILES string of the molecule is O=C(O)Oc1ncn2c1CN=C(c1ccccc1Cl)c1ccccc1-2. The van der Waals surface area contributed by atoms with E-state index >= 15 is 0 Å². The van der Waals surface area contributed by atoms with E-state index in [9.17, 15) is 4.79 Å². The number of rotatable bonds is 2. The number of ether oxygens (including phenoxy) is 1. The minimum absolute atomic E-state index is 0.0338. The van der Waals surface area contributed by atoms with Crippen molar-refractivity contribution in [3.8, 4) is 11.6 Å². The molecule has 2 heterocycles. The Hall–Kier alpha value is -3.12. The van der Waals surface area contributed by atoms with E-state index in [0.717, 1.165) is 22.5 Å². The molecule has 2 aromatic carbocycles. The van der Waals surface area contributed by atoms with E-state index in [2.05, 4.69) is 9.98 Å². The normalized spacial score (nSPS) is 12.6. The topological polar surface area (TPSA) is 76.7 Å². The van der Waals surface area contributed by atoms with Crippen LogP contribution in [-0.4, -0.2) is 26.5 Å². The third-order valence-electron chi connectivity index (χ3n) is 3.95. The van der Waals surface area contributed by atoms with Gasteiger partial charge in [0.05, 0.1) is 17.9 Å². The molecule has 7 heteroatoms. The van der Waals surface area contributed by atoms with Crippen molar-refractivity contribution in [2.24, 2.45) is 4.99 Å². The molecule has 6 nitrogen and oxygen atoms in total. The second kappa shape index (κ2) is 6.07. The van der Waals surface area contributed by atoms with Gasteiger partial charge in [-0.2, -0.15) is 0 Å². The average molecular weight is 354 g/mol. The Labute approximate surface area is 148 Å². The zero-order chi connectivity index (χ0) is 17.4. The first-order valence-electron chi connectivity index (χ1n) is 7.51. The predicted molar refractivity (Wildman–Crippen MR) is 93.0 cm³/mol. The highest BCUT2D eigenvalue weighted by Crippen LogP contribution is 2.30. The maximum atomic E-state index is 10.9. The first-order chi connectivity index (χ1) is 12.1. The first kappa shape index (κ1) is 15.4. The Kier molecular flexibility index (Phi) is 3.74. The summed E-state index contributed by atoms with van der Waals surface area (Å²) < 4.78 is 6.57. The molecule has 4 rings (SSSR count). The van der Waals surface area contributed by atoms with Crippen LogP contribution in [0.25, 0.3) is 5.69 Å². The summed E-state index contributed by atoms with van der Waals surface area (Å²) in [5.41, 5.74) is 3.84. The number of benzene rings is 2. The molecule has 124 valence electrons. The quantitative estimate of drug-likeness (QED) is 0.708. The summed E-state index contributed by atoms with van der Waals surface area (Å²) in [7, 11) is 0. The van der Waals surface area contributed by atoms with Crippen LogP contribution >= 0.6 is 11.6 Å². The molecule has 1 aliphatic rings. The van der Waals surface area contributed by atoms with E-state index < -0.39 is 6.16 Å². The number of nitrogens with zero attached hydrogens (tertiary/aromatic N) is 3. The Morgan fingerprint density at radius 2 is 1.84 bits per heavy atom. The van der Waals surface area contributed by atoms with Crippen molar-refractivity contribution >= 4 is 23.5 Å². The van der Waals surface area contributed by atoms with Crippen molar-refractivity contribution in [1.82, 2.24) is 9.55 Å². The number of aliphatic imine (C=N–C) groups is 1. The minimum Gasteiger partial charge on any atom is -0.449 e. The van der Waals surface area contributed by atoms with Crippen LogP contribution in [0.15, 0.2) is 59.9 Å². The first-order valence-corrected chi connectivity index (χ1v) is 7.89. The highest BCUT2D eigenvalue weighted by molar-refractivity contribution is 6.35. The van der Waals surface area contributed by atoms with Gasteiger partial charge < -0.3 is 9.84 Å². The van der Waals surface area contributed by atoms with Crippen LogP contribution in [0, 0.1) is 0 Å². The number of aromatic nitrogens is 2. The van der Waals surface area contributed by atoms with Gasteiger partial charge in [-0.15, -0.1) is 0 Å². The van der Waals surface area contributed by atoms with Crippen molar-refractivity contribution in [2.75, 3.05) is 0 Å². The molecular weight excluding hydrogens is 342 g/mol.